The molecule has 0 saturated heterocycles. The molecule has 0 N–H and O–H groups in total. The number of aldehydes is 1. The lowest BCUT2D eigenvalue weighted by Gasteiger charge is -2.08. The normalized spacial score (nSPS) is 10.6. The van der Waals surface area contributed by atoms with Crippen molar-refractivity contribution in [2.45, 2.75) is 26.2 Å². The molecule has 0 saturated carbocycles. The van der Waals surface area contributed by atoms with Gasteiger partial charge < -0.3 is 4.74 Å². The minimum absolute atomic E-state index is 0.736. The molecule has 0 aliphatic carbocycles. The number of para-hydroxylation sites is 1. The van der Waals surface area contributed by atoms with E-state index in [1.54, 1.807) is 6.08 Å². The Morgan fingerprint density at radius 1 is 1.25 bits per heavy atom. The zero-order valence-corrected chi connectivity index (χ0v) is 9.69. The van der Waals surface area contributed by atoms with Gasteiger partial charge in [0.1, 0.15) is 12.0 Å². The SMILES string of the molecule is CCCCCOc1ccccc1C=CC=O. The fourth-order valence-corrected chi connectivity index (χ4v) is 1.43. The first kappa shape index (κ1) is 12.5. The van der Waals surface area contributed by atoms with Crippen LogP contribution in [0.3, 0.4) is 0 Å². The molecule has 0 aliphatic rings. The van der Waals surface area contributed by atoms with Crippen molar-refractivity contribution in [3.63, 3.8) is 0 Å². The number of rotatable bonds is 7. The van der Waals surface area contributed by atoms with Gasteiger partial charge in [-0.2, -0.15) is 0 Å². The average molecular weight is 218 g/mol. The monoisotopic (exact) mass is 218 g/mol. The third-order valence-electron chi connectivity index (χ3n) is 2.28. The molecule has 0 fully saturated rings. The van der Waals surface area contributed by atoms with Crippen molar-refractivity contribution in [2.24, 2.45) is 0 Å². The summed E-state index contributed by atoms with van der Waals surface area (Å²) >= 11 is 0. The van der Waals surface area contributed by atoms with E-state index in [0.717, 1.165) is 30.6 Å². The molecule has 0 aliphatic heterocycles. The smallest absolute Gasteiger partial charge is 0.142 e. The highest BCUT2D eigenvalue weighted by Gasteiger charge is 1.98. The number of allylic oxidation sites excluding steroid dienone is 1. The summed E-state index contributed by atoms with van der Waals surface area (Å²) in [6, 6.07) is 7.74. The van der Waals surface area contributed by atoms with Crippen molar-refractivity contribution >= 4 is 12.4 Å². The van der Waals surface area contributed by atoms with Gasteiger partial charge in [-0.25, -0.2) is 0 Å². The zero-order chi connectivity index (χ0) is 11.6. The molecule has 0 unspecified atom stereocenters. The predicted octanol–water partition coefficient (Wildman–Crippen LogP) is 3.47. The number of hydrogen-bond donors (Lipinski definition) is 0. The van der Waals surface area contributed by atoms with Crippen molar-refractivity contribution in [3.8, 4) is 5.75 Å². The van der Waals surface area contributed by atoms with Crippen LogP contribution in [0.4, 0.5) is 0 Å². The number of ether oxygens (including phenoxy) is 1. The molecule has 86 valence electrons. The summed E-state index contributed by atoms with van der Waals surface area (Å²) in [6.07, 6.45) is 7.47. The van der Waals surface area contributed by atoms with E-state index in [9.17, 15) is 4.79 Å². The molecule has 0 spiro atoms. The maximum absolute atomic E-state index is 10.3. The minimum Gasteiger partial charge on any atom is -0.493 e. The van der Waals surface area contributed by atoms with Crippen molar-refractivity contribution in [2.75, 3.05) is 6.61 Å². The predicted molar refractivity (Wildman–Crippen MR) is 66.6 cm³/mol. The highest BCUT2D eigenvalue weighted by atomic mass is 16.5. The number of hydrogen-bond acceptors (Lipinski definition) is 2. The molecule has 0 aromatic heterocycles. The lowest BCUT2D eigenvalue weighted by atomic mass is 10.2. The Hall–Kier alpha value is -1.57. The topological polar surface area (TPSA) is 26.3 Å². The zero-order valence-electron chi connectivity index (χ0n) is 9.69. The third-order valence-corrected chi connectivity index (χ3v) is 2.28. The summed E-state index contributed by atoms with van der Waals surface area (Å²) in [4.78, 5) is 10.3. The van der Waals surface area contributed by atoms with Crippen molar-refractivity contribution in [1.29, 1.82) is 0 Å². The van der Waals surface area contributed by atoms with Crippen LogP contribution in [0.2, 0.25) is 0 Å². The van der Waals surface area contributed by atoms with Crippen molar-refractivity contribution < 1.29 is 9.53 Å². The van der Waals surface area contributed by atoms with Crippen LogP contribution in [0.25, 0.3) is 6.08 Å². The standard InChI is InChI=1S/C14H18O2/c1-2-3-6-12-16-14-10-5-4-8-13(14)9-7-11-15/h4-5,7-11H,2-3,6,12H2,1H3. The van der Waals surface area contributed by atoms with Gasteiger partial charge in [0.15, 0.2) is 0 Å². The molecule has 1 rings (SSSR count). The van der Waals surface area contributed by atoms with E-state index in [1.807, 2.05) is 24.3 Å². The van der Waals surface area contributed by atoms with Gasteiger partial charge in [-0.1, -0.05) is 38.0 Å². The fourth-order valence-electron chi connectivity index (χ4n) is 1.43. The van der Waals surface area contributed by atoms with E-state index >= 15 is 0 Å². The summed E-state index contributed by atoms with van der Waals surface area (Å²) in [5, 5.41) is 0. The number of carbonyl (C=O) groups excluding carboxylic acids is 1. The molecule has 0 heterocycles. The van der Waals surface area contributed by atoms with Crippen LogP contribution in [0.5, 0.6) is 5.75 Å². The summed E-state index contributed by atoms with van der Waals surface area (Å²) in [6.45, 7) is 2.90. The first-order valence-corrected chi connectivity index (χ1v) is 5.72. The van der Waals surface area contributed by atoms with Gasteiger partial charge in [-0.05, 0) is 24.6 Å². The van der Waals surface area contributed by atoms with Crippen LogP contribution in [0.15, 0.2) is 30.3 Å². The van der Waals surface area contributed by atoms with Gasteiger partial charge in [0, 0.05) is 5.56 Å². The van der Waals surface area contributed by atoms with E-state index in [2.05, 4.69) is 6.92 Å². The van der Waals surface area contributed by atoms with Crippen LogP contribution < -0.4 is 4.74 Å². The molecule has 1 aromatic rings. The summed E-state index contributed by atoms with van der Waals surface area (Å²) in [7, 11) is 0. The third kappa shape index (κ3) is 4.30. The summed E-state index contributed by atoms with van der Waals surface area (Å²) in [5.74, 6) is 0.844. The van der Waals surface area contributed by atoms with Crippen molar-refractivity contribution in [1.82, 2.24) is 0 Å². The van der Waals surface area contributed by atoms with Gasteiger partial charge in [-0.15, -0.1) is 0 Å². The van der Waals surface area contributed by atoms with E-state index < -0.39 is 0 Å². The number of unbranched alkanes of at least 4 members (excludes halogenated alkanes) is 2. The fraction of sp³-hybridized carbons (Fsp3) is 0.357. The molecule has 0 amide bonds. The van der Waals surface area contributed by atoms with Crippen molar-refractivity contribution in [3.05, 3.63) is 35.9 Å². The Kier molecular flexibility index (Phi) is 6.00. The second kappa shape index (κ2) is 7.69. The van der Waals surface area contributed by atoms with Crippen LogP contribution in [-0.2, 0) is 4.79 Å². The quantitative estimate of drug-likeness (QED) is 0.398. The maximum atomic E-state index is 10.3. The van der Waals surface area contributed by atoms with Crippen LogP contribution in [0, 0.1) is 0 Å². The second-order valence-electron chi connectivity index (χ2n) is 3.59. The van der Waals surface area contributed by atoms with Crippen LogP contribution in [-0.4, -0.2) is 12.9 Å². The van der Waals surface area contributed by atoms with E-state index in [1.165, 1.54) is 18.9 Å². The van der Waals surface area contributed by atoms with Gasteiger partial charge in [0.25, 0.3) is 0 Å². The first-order valence-electron chi connectivity index (χ1n) is 5.72. The Bertz CT molecular complexity index is 342. The molecular formula is C14H18O2. The maximum Gasteiger partial charge on any atom is 0.142 e. The van der Waals surface area contributed by atoms with Crippen LogP contribution >= 0.6 is 0 Å². The van der Waals surface area contributed by atoms with Gasteiger partial charge in [0.05, 0.1) is 6.61 Å². The summed E-state index contributed by atoms with van der Waals surface area (Å²) in [5.41, 5.74) is 0.950. The lowest BCUT2D eigenvalue weighted by Crippen LogP contribution is -1.98. The Morgan fingerprint density at radius 2 is 2.06 bits per heavy atom. The summed E-state index contributed by atoms with van der Waals surface area (Å²) < 4.78 is 5.67. The largest absolute Gasteiger partial charge is 0.493 e. The number of carbonyl (C=O) groups is 1. The average Bonchev–Trinajstić information content (AvgIpc) is 2.33. The number of benzene rings is 1. The van der Waals surface area contributed by atoms with Crippen LogP contribution in [0.1, 0.15) is 31.7 Å². The Labute approximate surface area is 96.9 Å². The minimum atomic E-state index is 0.736. The molecule has 16 heavy (non-hydrogen) atoms. The Morgan fingerprint density at radius 3 is 2.81 bits per heavy atom. The van der Waals surface area contributed by atoms with Gasteiger partial charge in [-0.3, -0.25) is 4.79 Å². The molecule has 2 nitrogen and oxygen atoms in total. The first-order chi connectivity index (χ1) is 7.88. The van der Waals surface area contributed by atoms with E-state index in [-0.39, 0.29) is 0 Å². The second-order valence-corrected chi connectivity index (χ2v) is 3.59. The molecule has 2 heteroatoms. The molecule has 0 radical (unpaired) electrons. The van der Waals surface area contributed by atoms with Gasteiger partial charge in [0.2, 0.25) is 0 Å². The highest BCUT2D eigenvalue weighted by Crippen LogP contribution is 2.19. The van der Waals surface area contributed by atoms with E-state index in [4.69, 9.17) is 4.74 Å². The highest BCUT2D eigenvalue weighted by molar-refractivity contribution is 5.75. The Balaban J connectivity index is 2.56. The molecular weight excluding hydrogens is 200 g/mol. The lowest BCUT2D eigenvalue weighted by molar-refractivity contribution is -0.104. The molecule has 0 atom stereocenters. The van der Waals surface area contributed by atoms with E-state index in [0.29, 0.717) is 0 Å². The van der Waals surface area contributed by atoms with Gasteiger partial charge >= 0.3 is 0 Å². The molecule has 0 bridgehead atoms. The molecule has 1 aromatic carbocycles.